The highest BCUT2D eigenvalue weighted by Crippen LogP contribution is 2.43. The summed E-state index contributed by atoms with van der Waals surface area (Å²) in [6, 6.07) is 19.2. The molecule has 42 heavy (non-hydrogen) atoms. The Hall–Kier alpha value is -4.65. The van der Waals surface area contributed by atoms with Gasteiger partial charge in [0.2, 0.25) is 0 Å². The van der Waals surface area contributed by atoms with Crippen LogP contribution in [0.1, 0.15) is 63.6 Å². The van der Waals surface area contributed by atoms with E-state index in [0.717, 1.165) is 70.2 Å². The molecular formula is C35H35N5O2. The first kappa shape index (κ1) is 26.3. The Balaban J connectivity index is 1.30. The van der Waals surface area contributed by atoms with Crippen LogP contribution >= 0.6 is 0 Å². The average Bonchev–Trinajstić information content (AvgIpc) is 3.59. The summed E-state index contributed by atoms with van der Waals surface area (Å²) >= 11 is 0. The third-order valence-electron chi connectivity index (χ3n) is 8.43. The number of fused-ring (bicyclic) bond motifs is 2. The molecule has 2 aromatic carbocycles. The molecule has 1 saturated carbocycles. The van der Waals surface area contributed by atoms with Crippen LogP contribution in [0.25, 0.3) is 38.9 Å². The van der Waals surface area contributed by atoms with E-state index < -0.39 is 11.1 Å². The summed E-state index contributed by atoms with van der Waals surface area (Å²) in [6.07, 6.45) is 16.1. The van der Waals surface area contributed by atoms with Crippen LogP contribution in [0.4, 0.5) is 4.79 Å². The normalized spacial score (nSPS) is 17.8. The Morgan fingerprint density at radius 1 is 1.07 bits per heavy atom. The number of aromatic nitrogens is 4. The lowest BCUT2D eigenvalue weighted by Crippen LogP contribution is -2.52. The molecule has 3 aromatic heterocycles. The van der Waals surface area contributed by atoms with Crippen molar-refractivity contribution in [3.8, 4) is 22.4 Å². The minimum absolute atomic E-state index is 0.205. The minimum Gasteiger partial charge on any atom is -0.444 e. The summed E-state index contributed by atoms with van der Waals surface area (Å²) in [6.45, 7) is 5.67. The molecule has 1 amide bonds. The molecule has 0 spiro atoms. The lowest BCUT2D eigenvalue weighted by atomic mass is 9.71. The number of H-pyrrole nitrogens is 1. The van der Waals surface area contributed by atoms with Gasteiger partial charge >= 0.3 is 6.09 Å². The van der Waals surface area contributed by atoms with E-state index in [2.05, 4.69) is 105 Å². The van der Waals surface area contributed by atoms with Crippen molar-refractivity contribution in [2.75, 3.05) is 0 Å². The molecule has 1 unspecified atom stereocenters. The monoisotopic (exact) mass is 557 g/mol. The largest absolute Gasteiger partial charge is 0.444 e. The van der Waals surface area contributed by atoms with Crippen molar-refractivity contribution >= 4 is 22.6 Å². The van der Waals surface area contributed by atoms with Crippen molar-refractivity contribution in [2.45, 2.75) is 63.5 Å². The fourth-order valence-electron chi connectivity index (χ4n) is 6.23. The number of nitrogens with one attached hydrogen (secondary N) is 2. The number of alkyl carbamates (subject to hydrolysis) is 1. The van der Waals surface area contributed by atoms with Gasteiger partial charge in [-0.05, 0) is 75.8 Å². The molecule has 2 aliphatic rings. The van der Waals surface area contributed by atoms with Crippen LogP contribution in [0.2, 0.25) is 0 Å². The Morgan fingerprint density at radius 2 is 1.88 bits per heavy atom. The summed E-state index contributed by atoms with van der Waals surface area (Å²) in [5.41, 5.74) is 7.47. The minimum atomic E-state index is -0.538. The van der Waals surface area contributed by atoms with E-state index in [1.54, 1.807) is 0 Å². The zero-order valence-corrected chi connectivity index (χ0v) is 24.2. The summed E-state index contributed by atoms with van der Waals surface area (Å²) in [7, 11) is 0. The van der Waals surface area contributed by atoms with Crippen LogP contribution in [-0.4, -0.2) is 31.3 Å². The fourth-order valence-corrected chi connectivity index (χ4v) is 6.23. The van der Waals surface area contributed by atoms with E-state index >= 15 is 0 Å². The van der Waals surface area contributed by atoms with E-state index in [1.807, 2.05) is 27.0 Å². The topological polar surface area (TPSA) is 84.3 Å². The summed E-state index contributed by atoms with van der Waals surface area (Å²) in [5.74, 6) is 0.205. The second kappa shape index (κ2) is 10.0. The Kier molecular flexibility index (Phi) is 6.26. The number of carbonyl (C=O) groups excluding carboxylic acids is 1. The molecule has 7 nitrogen and oxygen atoms in total. The maximum atomic E-state index is 12.7. The highest BCUT2D eigenvalue weighted by Gasteiger charge is 2.41. The summed E-state index contributed by atoms with van der Waals surface area (Å²) < 4.78 is 7.84. The fraction of sp³-hybridized carbons (Fsp3) is 0.286. The molecule has 3 heterocycles. The molecule has 2 aliphatic carbocycles. The van der Waals surface area contributed by atoms with Gasteiger partial charge in [-0.1, -0.05) is 60.7 Å². The van der Waals surface area contributed by atoms with Gasteiger partial charge in [0.1, 0.15) is 11.2 Å². The number of hydrogen-bond acceptors (Lipinski definition) is 4. The van der Waals surface area contributed by atoms with E-state index in [-0.39, 0.29) is 12.0 Å². The zero-order chi connectivity index (χ0) is 28.9. The quantitative estimate of drug-likeness (QED) is 0.229. The van der Waals surface area contributed by atoms with E-state index in [9.17, 15) is 4.79 Å². The maximum absolute atomic E-state index is 12.7. The highest BCUT2D eigenvalue weighted by molar-refractivity contribution is 5.88. The van der Waals surface area contributed by atoms with Crippen molar-refractivity contribution in [3.63, 3.8) is 0 Å². The molecule has 5 aromatic rings. The Bertz CT molecular complexity index is 1850. The van der Waals surface area contributed by atoms with Crippen molar-refractivity contribution in [3.05, 3.63) is 103 Å². The number of allylic oxidation sites excluding steroid dienone is 4. The van der Waals surface area contributed by atoms with Gasteiger partial charge in [-0.2, -0.15) is 5.10 Å². The predicted octanol–water partition coefficient (Wildman–Crippen LogP) is 8.05. The molecule has 1 atom stereocenters. The number of nitrogens with zero attached hydrogens (tertiary/aromatic N) is 3. The Labute approximate surface area is 245 Å². The lowest BCUT2D eigenvalue weighted by molar-refractivity contribution is 0.0377. The van der Waals surface area contributed by atoms with E-state index in [4.69, 9.17) is 9.72 Å². The van der Waals surface area contributed by atoms with Crippen molar-refractivity contribution in [2.24, 2.45) is 0 Å². The number of imidazole rings is 1. The van der Waals surface area contributed by atoms with E-state index in [0.29, 0.717) is 0 Å². The van der Waals surface area contributed by atoms with Crippen LogP contribution in [-0.2, 0) is 10.3 Å². The molecule has 212 valence electrons. The highest BCUT2D eigenvalue weighted by atomic mass is 16.6. The maximum Gasteiger partial charge on any atom is 0.408 e. The molecule has 0 bridgehead atoms. The van der Waals surface area contributed by atoms with Gasteiger partial charge in [0.05, 0.1) is 28.6 Å². The standard InChI is InChI=1S/C35H35N5O2/c1-34(2,3)42-33(41)38-35(18-8-19-35)27-16-14-23(15-17-27)30-31(24-9-5-4-6-10-24)40-20-7-11-28(32(40)37-30)25-12-13-26-22-36-39-29(26)21-25/h4-7,9,11-17,20-22,24H,8,10,18-19H2,1-3H3,(H,36,39)(H,38,41). The van der Waals surface area contributed by atoms with Crippen molar-refractivity contribution < 1.29 is 9.53 Å². The SMILES string of the molecule is CC(C)(C)OC(=O)NC1(c2ccc(-c3nc4c(-c5ccc6cn[nH]c6c5)cccn4c3C3C=CC=CC3)cc2)CCC1. The van der Waals surface area contributed by atoms with Crippen LogP contribution in [0, 0.1) is 0 Å². The van der Waals surface area contributed by atoms with Gasteiger partial charge in [0.25, 0.3) is 0 Å². The molecule has 0 radical (unpaired) electrons. The zero-order valence-electron chi connectivity index (χ0n) is 24.2. The number of benzene rings is 2. The molecule has 7 heteroatoms. The van der Waals surface area contributed by atoms with Crippen LogP contribution < -0.4 is 5.32 Å². The van der Waals surface area contributed by atoms with Crippen LogP contribution in [0.5, 0.6) is 0 Å². The van der Waals surface area contributed by atoms with Gasteiger partial charge in [-0.25, -0.2) is 9.78 Å². The van der Waals surface area contributed by atoms with Crippen molar-refractivity contribution in [1.82, 2.24) is 24.9 Å². The number of aromatic amines is 1. The third-order valence-corrected chi connectivity index (χ3v) is 8.43. The van der Waals surface area contributed by atoms with Gasteiger partial charge in [0, 0.05) is 28.6 Å². The van der Waals surface area contributed by atoms with Gasteiger partial charge in [-0.15, -0.1) is 0 Å². The lowest BCUT2D eigenvalue weighted by Gasteiger charge is -2.43. The molecule has 0 saturated heterocycles. The summed E-state index contributed by atoms with van der Waals surface area (Å²) in [4.78, 5) is 18.0. The number of hydrogen-bond donors (Lipinski definition) is 2. The first-order chi connectivity index (χ1) is 20.3. The predicted molar refractivity (Wildman–Crippen MR) is 166 cm³/mol. The third kappa shape index (κ3) is 4.69. The van der Waals surface area contributed by atoms with Crippen LogP contribution in [0.3, 0.4) is 0 Å². The Morgan fingerprint density at radius 3 is 2.60 bits per heavy atom. The molecule has 1 fully saturated rings. The smallest absolute Gasteiger partial charge is 0.408 e. The summed E-state index contributed by atoms with van der Waals surface area (Å²) in [5, 5.41) is 11.5. The first-order valence-electron chi connectivity index (χ1n) is 14.7. The van der Waals surface area contributed by atoms with Crippen molar-refractivity contribution in [1.29, 1.82) is 0 Å². The number of rotatable bonds is 5. The molecule has 2 N–H and O–H groups in total. The second-order valence-corrected chi connectivity index (χ2v) is 12.4. The molecular weight excluding hydrogens is 522 g/mol. The van der Waals surface area contributed by atoms with Crippen LogP contribution in [0.15, 0.2) is 91.3 Å². The number of ether oxygens (including phenoxy) is 1. The molecule has 7 rings (SSSR count). The number of carbonyl (C=O) groups is 1. The second-order valence-electron chi connectivity index (χ2n) is 12.4. The average molecular weight is 558 g/mol. The molecule has 0 aliphatic heterocycles. The number of pyridine rings is 1. The van der Waals surface area contributed by atoms with Gasteiger partial charge in [0.15, 0.2) is 0 Å². The number of amides is 1. The van der Waals surface area contributed by atoms with Gasteiger partial charge in [-0.3, -0.25) is 5.10 Å². The van der Waals surface area contributed by atoms with E-state index in [1.165, 1.54) is 5.69 Å². The first-order valence-corrected chi connectivity index (χ1v) is 14.7. The van der Waals surface area contributed by atoms with Gasteiger partial charge < -0.3 is 14.5 Å².